The van der Waals surface area contributed by atoms with Gasteiger partial charge in [0.25, 0.3) is 0 Å². The number of aryl methyl sites for hydroxylation is 1. The Morgan fingerprint density at radius 1 is 1.10 bits per heavy atom. The predicted molar refractivity (Wildman–Crippen MR) is 81.8 cm³/mol. The van der Waals surface area contributed by atoms with Crippen LogP contribution in [0.3, 0.4) is 0 Å². The lowest BCUT2D eigenvalue weighted by Gasteiger charge is -2.03. The van der Waals surface area contributed by atoms with Crippen LogP contribution in [0.15, 0.2) is 60.8 Å². The van der Waals surface area contributed by atoms with Crippen LogP contribution in [0.5, 0.6) is 0 Å². The molecule has 0 aliphatic heterocycles. The van der Waals surface area contributed by atoms with Crippen LogP contribution in [0.4, 0.5) is 0 Å². The number of amides is 1. The van der Waals surface area contributed by atoms with E-state index in [1.807, 2.05) is 65.3 Å². The van der Waals surface area contributed by atoms with Crippen LogP contribution in [-0.2, 0) is 17.8 Å². The zero-order valence-electron chi connectivity index (χ0n) is 11.7. The van der Waals surface area contributed by atoms with Crippen LogP contribution < -0.4 is 5.32 Å². The topological polar surface area (TPSA) is 46.4 Å². The summed E-state index contributed by atoms with van der Waals surface area (Å²) in [5.41, 5.74) is 3.08. The van der Waals surface area contributed by atoms with Crippen molar-refractivity contribution < 1.29 is 4.79 Å². The average molecular weight is 279 g/mol. The highest BCUT2D eigenvalue weighted by molar-refractivity contribution is 5.76. The van der Waals surface area contributed by atoms with E-state index in [-0.39, 0.29) is 5.91 Å². The van der Waals surface area contributed by atoms with E-state index in [0.29, 0.717) is 13.0 Å². The van der Waals surface area contributed by atoms with Crippen molar-refractivity contribution in [2.45, 2.75) is 19.4 Å². The van der Waals surface area contributed by atoms with E-state index in [1.165, 1.54) is 5.56 Å². The van der Waals surface area contributed by atoms with Gasteiger partial charge in [-0.2, -0.15) is 5.10 Å². The third-order valence-electron chi connectivity index (χ3n) is 3.37. The van der Waals surface area contributed by atoms with Gasteiger partial charge in [-0.3, -0.25) is 4.79 Å². The normalized spacial score (nSPS) is 10.7. The first-order chi connectivity index (χ1) is 10.3. The molecule has 3 aromatic rings. The molecule has 1 amide bonds. The highest BCUT2D eigenvalue weighted by Gasteiger charge is 2.05. The summed E-state index contributed by atoms with van der Waals surface area (Å²) in [5, 5.41) is 7.32. The highest BCUT2D eigenvalue weighted by atomic mass is 16.1. The van der Waals surface area contributed by atoms with Gasteiger partial charge >= 0.3 is 0 Å². The molecule has 4 heteroatoms. The van der Waals surface area contributed by atoms with Crippen LogP contribution >= 0.6 is 0 Å². The Morgan fingerprint density at radius 3 is 2.71 bits per heavy atom. The molecule has 0 saturated carbocycles. The van der Waals surface area contributed by atoms with E-state index < -0.39 is 0 Å². The van der Waals surface area contributed by atoms with E-state index in [9.17, 15) is 4.79 Å². The molecule has 0 unspecified atom stereocenters. The van der Waals surface area contributed by atoms with Crippen LogP contribution in [0, 0.1) is 0 Å². The number of rotatable bonds is 5. The summed E-state index contributed by atoms with van der Waals surface area (Å²) in [6.07, 6.45) is 3.16. The number of nitrogens with one attached hydrogen (secondary N) is 1. The summed E-state index contributed by atoms with van der Waals surface area (Å²) >= 11 is 0. The van der Waals surface area contributed by atoms with E-state index in [1.54, 1.807) is 0 Å². The van der Waals surface area contributed by atoms with Crippen molar-refractivity contribution in [3.63, 3.8) is 0 Å². The van der Waals surface area contributed by atoms with Gasteiger partial charge in [0, 0.05) is 12.6 Å². The molecule has 0 aliphatic carbocycles. The van der Waals surface area contributed by atoms with Crippen LogP contribution in [-0.4, -0.2) is 15.5 Å². The molecule has 1 aromatic carbocycles. The number of carbonyl (C=O) groups is 1. The molecule has 106 valence electrons. The van der Waals surface area contributed by atoms with Gasteiger partial charge in [0.2, 0.25) is 5.91 Å². The maximum Gasteiger partial charge on any atom is 0.220 e. The first kappa shape index (κ1) is 13.4. The monoisotopic (exact) mass is 279 g/mol. The summed E-state index contributed by atoms with van der Waals surface area (Å²) in [6, 6.07) is 17.9. The minimum Gasteiger partial charge on any atom is -0.350 e. The maximum atomic E-state index is 11.9. The van der Waals surface area contributed by atoms with Gasteiger partial charge < -0.3 is 5.32 Å². The Kier molecular flexibility index (Phi) is 3.96. The zero-order valence-corrected chi connectivity index (χ0v) is 11.7. The van der Waals surface area contributed by atoms with Crippen LogP contribution in [0.2, 0.25) is 0 Å². The Balaban J connectivity index is 1.51. The largest absolute Gasteiger partial charge is 0.350 e. The van der Waals surface area contributed by atoms with E-state index in [2.05, 4.69) is 10.4 Å². The van der Waals surface area contributed by atoms with Gasteiger partial charge in [0.15, 0.2) is 0 Å². The first-order valence-electron chi connectivity index (χ1n) is 7.05. The molecule has 0 saturated heterocycles. The third-order valence-corrected chi connectivity index (χ3v) is 3.37. The van der Waals surface area contributed by atoms with Crippen molar-refractivity contribution >= 4 is 11.4 Å². The lowest BCUT2D eigenvalue weighted by Crippen LogP contribution is -2.23. The molecule has 0 radical (unpaired) electrons. The summed E-state index contributed by atoms with van der Waals surface area (Å²) in [4.78, 5) is 11.9. The summed E-state index contributed by atoms with van der Waals surface area (Å²) < 4.78 is 1.81. The van der Waals surface area contributed by atoms with Crippen LogP contribution in [0.1, 0.15) is 17.7 Å². The number of fused-ring (bicyclic) bond motifs is 1. The minimum absolute atomic E-state index is 0.0518. The lowest BCUT2D eigenvalue weighted by atomic mass is 10.1. The molecule has 21 heavy (non-hydrogen) atoms. The third kappa shape index (κ3) is 3.48. The number of pyridine rings is 1. The molecule has 0 atom stereocenters. The van der Waals surface area contributed by atoms with Crippen molar-refractivity contribution in [1.82, 2.24) is 14.9 Å². The van der Waals surface area contributed by atoms with E-state index >= 15 is 0 Å². The smallest absolute Gasteiger partial charge is 0.220 e. The first-order valence-corrected chi connectivity index (χ1v) is 7.05. The van der Waals surface area contributed by atoms with Crippen molar-refractivity contribution in [2.24, 2.45) is 0 Å². The van der Waals surface area contributed by atoms with Gasteiger partial charge in [0.1, 0.15) is 0 Å². The van der Waals surface area contributed by atoms with Crippen LogP contribution in [0.25, 0.3) is 5.52 Å². The molecule has 1 N–H and O–H groups in total. The number of carbonyl (C=O) groups excluding carboxylic acids is 1. The quantitative estimate of drug-likeness (QED) is 0.780. The van der Waals surface area contributed by atoms with Crippen molar-refractivity contribution in [1.29, 1.82) is 0 Å². The van der Waals surface area contributed by atoms with Gasteiger partial charge in [-0.05, 0) is 30.2 Å². The minimum atomic E-state index is 0.0518. The molecule has 0 fully saturated rings. The fraction of sp³-hybridized carbons (Fsp3) is 0.176. The molecule has 4 nitrogen and oxygen atoms in total. The van der Waals surface area contributed by atoms with Crippen molar-refractivity contribution in [3.05, 3.63) is 72.1 Å². The Hall–Kier alpha value is -2.62. The summed E-state index contributed by atoms with van der Waals surface area (Å²) in [7, 11) is 0. The molecular formula is C17H17N3O. The number of aromatic nitrogens is 2. The Morgan fingerprint density at radius 2 is 1.90 bits per heavy atom. The summed E-state index contributed by atoms with van der Waals surface area (Å²) in [5.74, 6) is 0.0518. The molecule has 2 aromatic heterocycles. The molecular weight excluding hydrogens is 262 g/mol. The zero-order chi connectivity index (χ0) is 14.5. The second kappa shape index (κ2) is 6.22. The molecule has 2 heterocycles. The lowest BCUT2D eigenvalue weighted by molar-refractivity contribution is -0.121. The molecule has 0 bridgehead atoms. The van der Waals surface area contributed by atoms with Gasteiger partial charge in [-0.1, -0.05) is 36.4 Å². The van der Waals surface area contributed by atoms with Gasteiger partial charge in [0.05, 0.1) is 17.8 Å². The number of hydrogen-bond donors (Lipinski definition) is 1. The number of benzene rings is 1. The number of nitrogens with zero attached hydrogens (tertiary/aromatic N) is 2. The Labute approximate surface area is 123 Å². The maximum absolute atomic E-state index is 11.9. The molecule has 0 aliphatic rings. The van der Waals surface area contributed by atoms with Crippen molar-refractivity contribution in [3.8, 4) is 0 Å². The summed E-state index contributed by atoms with van der Waals surface area (Å²) in [6.45, 7) is 0.468. The number of hydrogen-bond acceptors (Lipinski definition) is 2. The average Bonchev–Trinajstić information content (AvgIpc) is 2.95. The van der Waals surface area contributed by atoms with E-state index in [0.717, 1.165) is 17.6 Å². The second-order valence-corrected chi connectivity index (χ2v) is 4.97. The highest BCUT2D eigenvalue weighted by Crippen LogP contribution is 2.06. The predicted octanol–water partition coefficient (Wildman–Crippen LogP) is 2.58. The van der Waals surface area contributed by atoms with E-state index in [4.69, 9.17) is 0 Å². The molecule has 0 spiro atoms. The Bertz CT molecular complexity index is 701. The van der Waals surface area contributed by atoms with Gasteiger partial charge in [-0.15, -0.1) is 0 Å². The molecule has 3 rings (SSSR count). The fourth-order valence-corrected chi connectivity index (χ4v) is 2.26. The SMILES string of the molecule is O=C(CCc1ccccc1)NCc1cc2ccccn2n1. The van der Waals surface area contributed by atoms with Crippen molar-refractivity contribution in [2.75, 3.05) is 0 Å². The second-order valence-electron chi connectivity index (χ2n) is 4.97. The standard InChI is InChI=1S/C17H17N3O/c21-17(10-9-14-6-2-1-3-7-14)18-13-15-12-16-8-4-5-11-20(16)19-15/h1-8,11-12H,9-10,13H2,(H,18,21). The van der Waals surface area contributed by atoms with Gasteiger partial charge in [-0.25, -0.2) is 4.52 Å². The fourth-order valence-electron chi connectivity index (χ4n) is 2.26.